The Labute approximate surface area is 236 Å². The molecule has 39 heavy (non-hydrogen) atoms. The second-order valence-corrected chi connectivity index (χ2v) is 11.8. The summed E-state index contributed by atoms with van der Waals surface area (Å²) in [7, 11) is 1.59. The molecule has 5 nitrogen and oxygen atoms in total. The molecule has 1 fully saturated rings. The molecule has 0 amide bonds. The van der Waals surface area contributed by atoms with Crippen LogP contribution in [0, 0.1) is 5.41 Å². The highest BCUT2D eigenvalue weighted by molar-refractivity contribution is 7.99. The molecule has 212 valence electrons. The molecule has 1 aromatic heterocycles. The van der Waals surface area contributed by atoms with Crippen molar-refractivity contribution < 1.29 is 28.1 Å². The molecule has 0 aliphatic carbocycles. The van der Waals surface area contributed by atoms with E-state index in [0.29, 0.717) is 29.2 Å². The number of aromatic nitrogens is 1. The number of hydrogen-bond acceptors (Lipinski definition) is 6. The fourth-order valence-electron chi connectivity index (χ4n) is 5.18. The van der Waals surface area contributed by atoms with Crippen LogP contribution >= 0.6 is 23.4 Å². The van der Waals surface area contributed by atoms with Gasteiger partial charge in [-0.1, -0.05) is 11.6 Å². The lowest BCUT2D eigenvalue weighted by Gasteiger charge is -2.41. The quantitative estimate of drug-likeness (QED) is 0.188. The van der Waals surface area contributed by atoms with E-state index in [1.54, 1.807) is 25.1 Å². The van der Waals surface area contributed by atoms with Crippen molar-refractivity contribution in [1.82, 2.24) is 9.88 Å². The number of aliphatic hydroxyl groups is 2. The molecule has 1 atom stereocenters. The number of benzene rings is 2. The van der Waals surface area contributed by atoms with Gasteiger partial charge < -0.3 is 19.8 Å². The Balaban J connectivity index is 1.26. The van der Waals surface area contributed by atoms with Crippen LogP contribution in [-0.4, -0.2) is 59.2 Å². The van der Waals surface area contributed by atoms with Crippen LogP contribution in [0.3, 0.4) is 0 Å². The molecule has 0 radical (unpaired) electrons. The Morgan fingerprint density at radius 2 is 1.87 bits per heavy atom. The van der Waals surface area contributed by atoms with Crippen LogP contribution in [0.15, 0.2) is 53.6 Å². The lowest BCUT2D eigenvalue weighted by Crippen LogP contribution is -2.42. The lowest BCUT2D eigenvalue weighted by atomic mass is 9.74. The number of methoxy groups -OCH3 is 1. The number of ether oxygens (including phenoxy) is 1. The largest absolute Gasteiger partial charge is 0.497 e. The summed E-state index contributed by atoms with van der Waals surface area (Å²) in [6, 6.07) is 10.8. The predicted octanol–water partition coefficient (Wildman–Crippen LogP) is 6.99. The van der Waals surface area contributed by atoms with E-state index in [9.17, 15) is 23.4 Å². The van der Waals surface area contributed by atoms with Crippen molar-refractivity contribution in [2.24, 2.45) is 5.41 Å². The molecule has 2 aromatic carbocycles. The maximum atomic E-state index is 12.7. The Bertz CT molecular complexity index is 1230. The van der Waals surface area contributed by atoms with E-state index in [4.69, 9.17) is 16.3 Å². The van der Waals surface area contributed by atoms with Crippen LogP contribution in [0.4, 0.5) is 13.2 Å². The molecule has 1 saturated heterocycles. The van der Waals surface area contributed by atoms with Crippen molar-refractivity contribution >= 4 is 34.3 Å². The van der Waals surface area contributed by atoms with Crippen molar-refractivity contribution in [3.8, 4) is 5.75 Å². The molecule has 10 heteroatoms. The van der Waals surface area contributed by atoms with Gasteiger partial charge in [0.2, 0.25) is 0 Å². The maximum absolute atomic E-state index is 12.7. The van der Waals surface area contributed by atoms with Gasteiger partial charge >= 0.3 is 6.18 Å². The summed E-state index contributed by atoms with van der Waals surface area (Å²) in [6.07, 6.45) is 0.195. The third kappa shape index (κ3) is 7.58. The SMILES string of the molecule is COc1ccc2ncc(Cl)c([C@@H](O)CCC3(CO)CCN(CCCSc4ccc(C(F)(F)F)cc4)CC3)c2c1. The number of rotatable bonds is 11. The molecule has 2 N–H and O–H groups in total. The zero-order valence-corrected chi connectivity index (χ0v) is 23.5. The average Bonchev–Trinajstić information content (AvgIpc) is 2.94. The number of aliphatic hydroxyl groups excluding tert-OH is 2. The highest BCUT2D eigenvalue weighted by Crippen LogP contribution is 2.40. The summed E-state index contributed by atoms with van der Waals surface area (Å²) < 4.78 is 43.5. The zero-order valence-electron chi connectivity index (χ0n) is 21.9. The summed E-state index contributed by atoms with van der Waals surface area (Å²) in [4.78, 5) is 7.57. The second-order valence-electron chi connectivity index (χ2n) is 10.2. The van der Waals surface area contributed by atoms with E-state index in [1.807, 2.05) is 18.2 Å². The van der Waals surface area contributed by atoms with E-state index < -0.39 is 17.8 Å². The lowest BCUT2D eigenvalue weighted by molar-refractivity contribution is -0.137. The first-order valence-electron chi connectivity index (χ1n) is 13.1. The van der Waals surface area contributed by atoms with Crippen molar-refractivity contribution in [1.29, 1.82) is 0 Å². The number of piperidine rings is 1. The predicted molar refractivity (Wildman–Crippen MR) is 149 cm³/mol. The van der Waals surface area contributed by atoms with E-state index in [1.165, 1.54) is 12.1 Å². The zero-order chi connectivity index (χ0) is 28.0. The number of pyridine rings is 1. The first kappa shape index (κ1) is 29.9. The maximum Gasteiger partial charge on any atom is 0.416 e. The van der Waals surface area contributed by atoms with Gasteiger partial charge in [-0.3, -0.25) is 4.98 Å². The summed E-state index contributed by atoms with van der Waals surface area (Å²) in [6.45, 7) is 2.68. The first-order chi connectivity index (χ1) is 18.6. The minimum Gasteiger partial charge on any atom is -0.497 e. The number of nitrogens with zero attached hydrogens (tertiary/aromatic N) is 2. The number of alkyl halides is 3. The van der Waals surface area contributed by atoms with Gasteiger partial charge in [0.25, 0.3) is 0 Å². The molecule has 2 heterocycles. The standard InChI is InChI=1S/C29H34ClF3N2O3S/c1-38-21-5-8-25-23(17-21)27(24(30)18-34-25)26(37)9-10-28(19-36)11-14-35(15-12-28)13-2-16-39-22-6-3-20(4-7-22)29(31,32)33/h3-8,17-18,26,36-37H,2,9-16,19H2,1H3/t26-/m0/s1. The van der Waals surface area contributed by atoms with Gasteiger partial charge in [-0.2, -0.15) is 13.2 Å². The van der Waals surface area contributed by atoms with Crippen molar-refractivity contribution in [2.45, 2.75) is 49.3 Å². The van der Waals surface area contributed by atoms with Crippen LogP contribution in [0.5, 0.6) is 5.75 Å². The van der Waals surface area contributed by atoms with E-state index in [0.717, 1.165) is 72.6 Å². The highest BCUT2D eigenvalue weighted by atomic mass is 35.5. The van der Waals surface area contributed by atoms with Gasteiger partial charge in [-0.05, 0) is 105 Å². The summed E-state index contributed by atoms with van der Waals surface area (Å²) in [5, 5.41) is 22.6. The number of halogens is 4. The fourth-order valence-corrected chi connectivity index (χ4v) is 6.29. The van der Waals surface area contributed by atoms with Gasteiger partial charge in [0, 0.05) is 28.6 Å². The minimum absolute atomic E-state index is 0.0655. The number of likely N-dealkylation sites (tertiary alicyclic amines) is 1. The highest BCUT2D eigenvalue weighted by Gasteiger charge is 2.35. The van der Waals surface area contributed by atoms with Crippen LogP contribution < -0.4 is 4.74 Å². The molecule has 4 rings (SSSR count). The molecular formula is C29H34ClF3N2O3S. The van der Waals surface area contributed by atoms with Gasteiger partial charge in [0.05, 0.1) is 29.3 Å². The first-order valence-corrected chi connectivity index (χ1v) is 14.4. The second kappa shape index (κ2) is 13.1. The normalized spacial score (nSPS) is 16.9. The number of hydrogen-bond donors (Lipinski definition) is 2. The summed E-state index contributed by atoms with van der Waals surface area (Å²) in [5.74, 6) is 1.49. The van der Waals surface area contributed by atoms with Gasteiger partial charge in [0.15, 0.2) is 0 Å². The van der Waals surface area contributed by atoms with Crippen molar-refractivity contribution in [3.05, 3.63) is 64.8 Å². The Morgan fingerprint density at radius 1 is 1.15 bits per heavy atom. The molecule has 0 saturated carbocycles. The Hall–Kier alpha value is -2.04. The average molecular weight is 583 g/mol. The monoisotopic (exact) mass is 582 g/mol. The smallest absolute Gasteiger partial charge is 0.416 e. The number of thioether (sulfide) groups is 1. The molecule has 0 spiro atoms. The molecule has 0 bridgehead atoms. The van der Waals surface area contributed by atoms with Crippen molar-refractivity contribution in [3.63, 3.8) is 0 Å². The van der Waals surface area contributed by atoms with Gasteiger partial charge in [-0.15, -0.1) is 11.8 Å². The molecule has 1 aliphatic heterocycles. The van der Waals surface area contributed by atoms with Crippen molar-refractivity contribution in [2.75, 3.05) is 39.1 Å². The summed E-state index contributed by atoms with van der Waals surface area (Å²) >= 11 is 8.02. The molecule has 1 aliphatic rings. The van der Waals surface area contributed by atoms with E-state index >= 15 is 0 Å². The van der Waals surface area contributed by atoms with Crippen LogP contribution in [0.25, 0.3) is 10.9 Å². The van der Waals surface area contributed by atoms with Gasteiger partial charge in [-0.25, -0.2) is 0 Å². The third-order valence-electron chi connectivity index (χ3n) is 7.67. The third-order valence-corrected chi connectivity index (χ3v) is 9.07. The molecule has 3 aromatic rings. The van der Waals surface area contributed by atoms with E-state index in [-0.39, 0.29) is 12.0 Å². The topological polar surface area (TPSA) is 65.8 Å². The summed E-state index contributed by atoms with van der Waals surface area (Å²) in [5.41, 5.74) is 0.490. The Kier molecular flexibility index (Phi) is 10.0. The fraction of sp³-hybridized carbons (Fsp3) is 0.483. The minimum atomic E-state index is -4.31. The van der Waals surface area contributed by atoms with Crippen LogP contribution in [0.2, 0.25) is 5.02 Å². The van der Waals surface area contributed by atoms with Gasteiger partial charge in [0.1, 0.15) is 5.75 Å². The Morgan fingerprint density at radius 3 is 2.51 bits per heavy atom. The molecule has 0 unspecified atom stereocenters. The van der Waals surface area contributed by atoms with E-state index in [2.05, 4.69) is 9.88 Å². The van der Waals surface area contributed by atoms with Crippen LogP contribution in [-0.2, 0) is 6.18 Å². The number of fused-ring (bicyclic) bond motifs is 1. The van der Waals surface area contributed by atoms with Crippen LogP contribution in [0.1, 0.15) is 49.3 Å². The molecular weight excluding hydrogens is 549 g/mol.